The summed E-state index contributed by atoms with van der Waals surface area (Å²) in [7, 11) is -3.87. The van der Waals surface area contributed by atoms with Crippen LogP contribution in [0.3, 0.4) is 0 Å². The lowest BCUT2D eigenvalue weighted by molar-refractivity contribution is 0.597. The molecule has 1 heterocycles. The first-order valence-electron chi connectivity index (χ1n) is 2.63. The van der Waals surface area contributed by atoms with Gasteiger partial charge in [-0.1, -0.05) is 23.2 Å². The molecule has 0 saturated heterocycles. The van der Waals surface area contributed by atoms with Crippen LogP contribution in [0.4, 0.5) is 0 Å². The highest BCUT2D eigenvalue weighted by molar-refractivity contribution is 7.89. The fraction of sp³-hybridized carbons (Fsp3) is 0. The molecule has 0 radical (unpaired) electrons. The summed E-state index contributed by atoms with van der Waals surface area (Å²) in [6, 6.07) is 1.03. The Morgan fingerprint density at radius 2 is 1.92 bits per heavy atom. The number of nitrogens with two attached hydrogens (primary N) is 1. The summed E-state index contributed by atoms with van der Waals surface area (Å²) >= 11 is 10.8. The molecule has 5 nitrogen and oxygen atoms in total. The minimum absolute atomic E-state index is 0.0802. The standard InChI is InChI=1S/C4H3Cl2N3O2S/c5-3-1-2(12(7,10)11)4(6)9-8-3/h1H,(H2,7,10,11). The van der Waals surface area contributed by atoms with Crippen LogP contribution in [-0.4, -0.2) is 18.6 Å². The molecule has 0 bridgehead atoms. The number of hydrogen-bond donors (Lipinski definition) is 1. The summed E-state index contributed by atoms with van der Waals surface area (Å²) in [5.41, 5.74) is 0. The van der Waals surface area contributed by atoms with Crippen molar-refractivity contribution >= 4 is 33.2 Å². The predicted octanol–water partition coefficient (Wildman–Crippen LogP) is 0.431. The molecule has 0 atom stereocenters. The minimum atomic E-state index is -3.87. The van der Waals surface area contributed by atoms with Crippen molar-refractivity contribution in [2.75, 3.05) is 0 Å². The van der Waals surface area contributed by atoms with Gasteiger partial charge in [-0.05, 0) is 0 Å². The number of rotatable bonds is 1. The first-order valence-corrected chi connectivity index (χ1v) is 4.93. The Hall–Kier alpha value is -0.430. The van der Waals surface area contributed by atoms with Gasteiger partial charge in [-0.3, -0.25) is 0 Å². The Labute approximate surface area is 78.5 Å². The summed E-state index contributed by atoms with van der Waals surface area (Å²) < 4.78 is 21.5. The largest absolute Gasteiger partial charge is 0.241 e. The smallest absolute Gasteiger partial charge is 0.225 e. The summed E-state index contributed by atoms with van der Waals surface area (Å²) in [5, 5.41) is 11.0. The van der Waals surface area contributed by atoms with Crippen molar-refractivity contribution in [1.29, 1.82) is 0 Å². The van der Waals surface area contributed by atoms with E-state index in [0.717, 1.165) is 6.07 Å². The Balaban J connectivity index is 3.43. The van der Waals surface area contributed by atoms with E-state index < -0.39 is 10.0 Å². The van der Waals surface area contributed by atoms with E-state index in [-0.39, 0.29) is 15.2 Å². The van der Waals surface area contributed by atoms with Gasteiger partial charge < -0.3 is 0 Å². The second kappa shape index (κ2) is 3.14. The molecule has 0 aliphatic carbocycles. The van der Waals surface area contributed by atoms with Gasteiger partial charge in [-0.15, -0.1) is 10.2 Å². The van der Waals surface area contributed by atoms with Crippen LogP contribution in [-0.2, 0) is 10.0 Å². The summed E-state index contributed by atoms with van der Waals surface area (Å²) in [4.78, 5) is -0.329. The highest BCUT2D eigenvalue weighted by Gasteiger charge is 2.14. The summed E-state index contributed by atoms with van der Waals surface area (Å²) in [5.74, 6) is 0. The highest BCUT2D eigenvalue weighted by atomic mass is 35.5. The van der Waals surface area contributed by atoms with Crippen molar-refractivity contribution < 1.29 is 8.42 Å². The molecule has 66 valence electrons. The van der Waals surface area contributed by atoms with Gasteiger partial charge in [-0.25, -0.2) is 13.6 Å². The van der Waals surface area contributed by atoms with Crippen LogP contribution in [0.5, 0.6) is 0 Å². The van der Waals surface area contributed by atoms with E-state index in [1.807, 2.05) is 0 Å². The van der Waals surface area contributed by atoms with Crippen LogP contribution in [0.25, 0.3) is 0 Å². The number of halogens is 2. The third kappa shape index (κ3) is 2.04. The first-order chi connectivity index (χ1) is 5.41. The van der Waals surface area contributed by atoms with E-state index in [9.17, 15) is 8.42 Å². The molecule has 0 spiro atoms. The van der Waals surface area contributed by atoms with E-state index in [4.69, 9.17) is 28.3 Å². The Kier molecular flexibility index (Phi) is 2.52. The van der Waals surface area contributed by atoms with Crippen LogP contribution in [0.15, 0.2) is 11.0 Å². The minimum Gasteiger partial charge on any atom is -0.225 e. The zero-order valence-electron chi connectivity index (χ0n) is 5.53. The normalized spacial score (nSPS) is 11.6. The first kappa shape index (κ1) is 9.66. The molecule has 2 N–H and O–H groups in total. The molecule has 12 heavy (non-hydrogen) atoms. The van der Waals surface area contributed by atoms with E-state index in [1.165, 1.54) is 0 Å². The fourth-order valence-electron chi connectivity index (χ4n) is 0.537. The predicted molar refractivity (Wildman–Crippen MR) is 43.4 cm³/mol. The Morgan fingerprint density at radius 3 is 2.33 bits per heavy atom. The molecule has 0 saturated carbocycles. The SMILES string of the molecule is NS(=O)(=O)c1cc(Cl)nnc1Cl. The maximum absolute atomic E-state index is 10.8. The molecular formula is C4H3Cl2N3O2S. The monoisotopic (exact) mass is 227 g/mol. The second-order valence-corrected chi connectivity index (χ2v) is 4.14. The number of hydrogen-bond acceptors (Lipinski definition) is 4. The molecule has 0 amide bonds. The molecule has 0 fully saturated rings. The van der Waals surface area contributed by atoms with Gasteiger partial charge in [0.15, 0.2) is 10.3 Å². The van der Waals surface area contributed by atoms with Crippen LogP contribution in [0.2, 0.25) is 10.3 Å². The van der Waals surface area contributed by atoms with Crippen molar-refractivity contribution in [2.24, 2.45) is 5.14 Å². The van der Waals surface area contributed by atoms with Gasteiger partial charge >= 0.3 is 0 Å². The van der Waals surface area contributed by atoms with Crippen molar-refractivity contribution in [3.8, 4) is 0 Å². The van der Waals surface area contributed by atoms with Gasteiger partial charge in [0.1, 0.15) is 4.90 Å². The number of sulfonamides is 1. The number of primary sulfonamides is 1. The molecule has 8 heteroatoms. The average molecular weight is 228 g/mol. The molecule has 0 aliphatic rings. The lowest BCUT2D eigenvalue weighted by Crippen LogP contribution is -2.13. The molecule has 0 unspecified atom stereocenters. The highest BCUT2D eigenvalue weighted by Crippen LogP contribution is 2.18. The average Bonchev–Trinajstić information content (AvgIpc) is 1.92. The quantitative estimate of drug-likeness (QED) is 0.755. The van der Waals surface area contributed by atoms with Gasteiger partial charge in [0.05, 0.1) is 0 Å². The van der Waals surface area contributed by atoms with Gasteiger partial charge in [0.2, 0.25) is 10.0 Å². The van der Waals surface area contributed by atoms with Gasteiger partial charge in [-0.2, -0.15) is 0 Å². The zero-order valence-corrected chi connectivity index (χ0v) is 7.86. The molecule has 1 aromatic heterocycles. The van der Waals surface area contributed by atoms with E-state index in [2.05, 4.69) is 10.2 Å². The third-order valence-corrected chi connectivity index (χ3v) is 2.49. The molecular weight excluding hydrogens is 225 g/mol. The lowest BCUT2D eigenvalue weighted by Gasteiger charge is -1.98. The number of aromatic nitrogens is 2. The van der Waals surface area contributed by atoms with Crippen LogP contribution >= 0.6 is 23.2 Å². The molecule has 1 rings (SSSR count). The Morgan fingerprint density at radius 1 is 1.33 bits per heavy atom. The fourth-order valence-corrected chi connectivity index (χ4v) is 1.72. The topological polar surface area (TPSA) is 85.9 Å². The van der Waals surface area contributed by atoms with E-state index >= 15 is 0 Å². The second-order valence-electron chi connectivity index (χ2n) is 1.87. The van der Waals surface area contributed by atoms with Crippen LogP contribution in [0, 0.1) is 0 Å². The summed E-state index contributed by atoms with van der Waals surface area (Å²) in [6.07, 6.45) is 0. The van der Waals surface area contributed by atoms with Crippen LogP contribution in [0.1, 0.15) is 0 Å². The van der Waals surface area contributed by atoms with E-state index in [0.29, 0.717) is 0 Å². The molecule has 0 aliphatic heterocycles. The maximum atomic E-state index is 10.8. The lowest BCUT2D eigenvalue weighted by atomic mass is 10.6. The van der Waals surface area contributed by atoms with Crippen molar-refractivity contribution in [3.63, 3.8) is 0 Å². The van der Waals surface area contributed by atoms with E-state index in [1.54, 1.807) is 0 Å². The molecule has 1 aromatic rings. The zero-order chi connectivity index (χ0) is 9.35. The number of nitrogens with zero attached hydrogens (tertiary/aromatic N) is 2. The molecule has 0 aromatic carbocycles. The maximum Gasteiger partial charge on any atom is 0.241 e. The van der Waals surface area contributed by atoms with Gasteiger partial charge in [0, 0.05) is 6.07 Å². The van der Waals surface area contributed by atoms with Crippen LogP contribution < -0.4 is 5.14 Å². The van der Waals surface area contributed by atoms with Gasteiger partial charge in [0.25, 0.3) is 0 Å². The van der Waals surface area contributed by atoms with Crippen molar-refractivity contribution in [2.45, 2.75) is 4.90 Å². The van der Waals surface area contributed by atoms with Crippen molar-refractivity contribution in [3.05, 3.63) is 16.4 Å². The van der Waals surface area contributed by atoms with Crippen molar-refractivity contribution in [1.82, 2.24) is 10.2 Å². The summed E-state index contributed by atoms with van der Waals surface area (Å²) in [6.45, 7) is 0. The third-order valence-electron chi connectivity index (χ3n) is 0.993. The Bertz CT molecular complexity index is 405.